The molecule has 19 heavy (non-hydrogen) atoms. The van der Waals surface area contributed by atoms with Crippen molar-refractivity contribution in [2.24, 2.45) is 11.7 Å². The van der Waals surface area contributed by atoms with Crippen molar-refractivity contribution in [1.29, 1.82) is 0 Å². The van der Waals surface area contributed by atoms with Gasteiger partial charge in [0.05, 0.1) is 0 Å². The van der Waals surface area contributed by atoms with Gasteiger partial charge in [0.25, 0.3) is 0 Å². The van der Waals surface area contributed by atoms with Crippen LogP contribution in [0.2, 0.25) is 0 Å². The number of carbonyl (C=O) groups excluding carboxylic acids is 1. The Bertz CT molecular complexity index is 440. The SMILES string of the molecule is Cc1ccccc1CC(C)NC(=O)CC(N)C1CC1. The molecule has 2 rings (SSSR count). The molecule has 3 heteroatoms. The van der Waals surface area contributed by atoms with Gasteiger partial charge in [0, 0.05) is 18.5 Å². The summed E-state index contributed by atoms with van der Waals surface area (Å²) in [6, 6.07) is 8.50. The maximum absolute atomic E-state index is 11.9. The van der Waals surface area contributed by atoms with Crippen molar-refractivity contribution in [3.63, 3.8) is 0 Å². The molecule has 0 aromatic heterocycles. The van der Waals surface area contributed by atoms with Crippen molar-refractivity contribution in [2.75, 3.05) is 0 Å². The van der Waals surface area contributed by atoms with Gasteiger partial charge >= 0.3 is 0 Å². The number of rotatable bonds is 6. The van der Waals surface area contributed by atoms with E-state index >= 15 is 0 Å². The Morgan fingerprint density at radius 2 is 2.11 bits per heavy atom. The van der Waals surface area contributed by atoms with Crippen LogP contribution in [0.5, 0.6) is 0 Å². The summed E-state index contributed by atoms with van der Waals surface area (Å²) in [7, 11) is 0. The highest BCUT2D eigenvalue weighted by molar-refractivity contribution is 5.77. The van der Waals surface area contributed by atoms with Gasteiger partial charge in [-0.25, -0.2) is 0 Å². The van der Waals surface area contributed by atoms with E-state index in [1.165, 1.54) is 24.0 Å². The first kappa shape index (κ1) is 14.1. The van der Waals surface area contributed by atoms with E-state index in [0.29, 0.717) is 12.3 Å². The van der Waals surface area contributed by atoms with E-state index in [4.69, 9.17) is 5.73 Å². The minimum Gasteiger partial charge on any atom is -0.353 e. The third-order valence-electron chi connectivity index (χ3n) is 3.84. The first-order chi connectivity index (χ1) is 9.06. The van der Waals surface area contributed by atoms with Gasteiger partial charge in [0.1, 0.15) is 0 Å². The summed E-state index contributed by atoms with van der Waals surface area (Å²) in [5.74, 6) is 0.665. The molecule has 1 saturated carbocycles. The quantitative estimate of drug-likeness (QED) is 0.823. The summed E-state index contributed by atoms with van der Waals surface area (Å²) in [5, 5.41) is 3.05. The van der Waals surface area contributed by atoms with Crippen LogP contribution in [0.3, 0.4) is 0 Å². The Morgan fingerprint density at radius 1 is 1.42 bits per heavy atom. The first-order valence-corrected chi connectivity index (χ1v) is 7.15. The molecule has 0 bridgehead atoms. The molecule has 0 aliphatic heterocycles. The van der Waals surface area contributed by atoms with Crippen LogP contribution >= 0.6 is 0 Å². The Kier molecular flexibility index (Phi) is 4.59. The standard InChI is InChI=1S/C16H24N2O/c1-11-5-3-4-6-14(11)9-12(2)18-16(19)10-15(17)13-7-8-13/h3-6,12-13,15H,7-10,17H2,1-2H3,(H,18,19). The largest absolute Gasteiger partial charge is 0.353 e. The second-order valence-corrected chi connectivity index (χ2v) is 5.80. The number of hydrogen-bond donors (Lipinski definition) is 2. The second kappa shape index (κ2) is 6.20. The number of aryl methyl sites for hydroxylation is 1. The molecule has 1 fully saturated rings. The third-order valence-corrected chi connectivity index (χ3v) is 3.84. The van der Waals surface area contributed by atoms with E-state index in [0.717, 1.165) is 6.42 Å². The zero-order chi connectivity index (χ0) is 13.8. The molecule has 0 spiro atoms. The van der Waals surface area contributed by atoms with Gasteiger partial charge < -0.3 is 11.1 Å². The van der Waals surface area contributed by atoms with Crippen LogP contribution in [-0.2, 0) is 11.2 Å². The Balaban J connectivity index is 1.78. The number of benzene rings is 1. The zero-order valence-corrected chi connectivity index (χ0v) is 11.9. The van der Waals surface area contributed by atoms with Gasteiger partial charge in [0.2, 0.25) is 5.91 Å². The number of nitrogens with two attached hydrogens (primary N) is 1. The maximum Gasteiger partial charge on any atom is 0.221 e. The van der Waals surface area contributed by atoms with Crippen LogP contribution in [0.4, 0.5) is 0 Å². The fourth-order valence-corrected chi connectivity index (χ4v) is 2.46. The van der Waals surface area contributed by atoms with Crippen LogP contribution in [-0.4, -0.2) is 18.0 Å². The van der Waals surface area contributed by atoms with Crippen molar-refractivity contribution in [3.8, 4) is 0 Å². The van der Waals surface area contributed by atoms with Crippen molar-refractivity contribution in [3.05, 3.63) is 35.4 Å². The molecule has 1 amide bonds. The zero-order valence-electron chi connectivity index (χ0n) is 11.9. The summed E-state index contributed by atoms with van der Waals surface area (Å²) in [6.45, 7) is 4.15. The highest BCUT2D eigenvalue weighted by Gasteiger charge is 2.29. The first-order valence-electron chi connectivity index (χ1n) is 7.15. The smallest absolute Gasteiger partial charge is 0.221 e. The number of nitrogens with one attached hydrogen (secondary N) is 1. The molecule has 1 aliphatic carbocycles. The van der Waals surface area contributed by atoms with E-state index in [2.05, 4.69) is 24.4 Å². The van der Waals surface area contributed by atoms with Crippen LogP contribution in [0.25, 0.3) is 0 Å². The van der Waals surface area contributed by atoms with E-state index in [1.54, 1.807) is 0 Å². The topological polar surface area (TPSA) is 55.1 Å². The molecular weight excluding hydrogens is 236 g/mol. The molecule has 1 aromatic rings. The van der Waals surface area contributed by atoms with E-state index < -0.39 is 0 Å². The molecule has 0 radical (unpaired) electrons. The number of hydrogen-bond acceptors (Lipinski definition) is 2. The monoisotopic (exact) mass is 260 g/mol. The third kappa shape index (κ3) is 4.35. The Labute approximate surface area is 115 Å². The predicted molar refractivity (Wildman–Crippen MR) is 77.8 cm³/mol. The molecule has 3 N–H and O–H groups in total. The Hall–Kier alpha value is -1.35. The molecule has 1 aromatic carbocycles. The van der Waals surface area contributed by atoms with Gasteiger partial charge in [0.15, 0.2) is 0 Å². The van der Waals surface area contributed by atoms with E-state index in [-0.39, 0.29) is 18.0 Å². The van der Waals surface area contributed by atoms with Gasteiger partial charge in [-0.05, 0) is 50.2 Å². The average Bonchev–Trinajstić information content (AvgIpc) is 3.15. The molecular formula is C16H24N2O. The molecule has 1 aliphatic rings. The summed E-state index contributed by atoms with van der Waals surface area (Å²) < 4.78 is 0. The highest BCUT2D eigenvalue weighted by atomic mass is 16.1. The van der Waals surface area contributed by atoms with Gasteiger partial charge in [-0.15, -0.1) is 0 Å². The lowest BCUT2D eigenvalue weighted by molar-refractivity contribution is -0.122. The summed E-state index contributed by atoms with van der Waals surface area (Å²) in [5.41, 5.74) is 8.54. The summed E-state index contributed by atoms with van der Waals surface area (Å²) >= 11 is 0. The minimum atomic E-state index is 0.0469. The maximum atomic E-state index is 11.9. The Morgan fingerprint density at radius 3 is 2.74 bits per heavy atom. The lowest BCUT2D eigenvalue weighted by Crippen LogP contribution is -2.38. The van der Waals surface area contributed by atoms with Gasteiger partial charge in [-0.1, -0.05) is 24.3 Å². The predicted octanol–water partition coefficient (Wildman–Crippen LogP) is 2.17. The normalized spacial score (nSPS) is 17.8. The molecule has 3 nitrogen and oxygen atoms in total. The summed E-state index contributed by atoms with van der Waals surface area (Å²) in [4.78, 5) is 11.9. The van der Waals surface area contributed by atoms with E-state index in [9.17, 15) is 4.79 Å². The fourth-order valence-electron chi connectivity index (χ4n) is 2.46. The number of amides is 1. The van der Waals surface area contributed by atoms with Crippen LogP contribution in [0.15, 0.2) is 24.3 Å². The average molecular weight is 260 g/mol. The van der Waals surface area contributed by atoms with Crippen molar-refractivity contribution >= 4 is 5.91 Å². The van der Waals surface area contributed by atoms with E-state index in [1.807, 2.05) is 19.1 Å². The van der Waals surface area contributed by atoms with Crippen molar-refractivity contribution in [2.45, 2.75) is 51.6 Å². The number of carbonyl (C=O) groups is 1. The molecule has 2 unspecified atom stereocenters. The second-order valence-electron chi connectivity index (χ2n) is 5.80. The molecule has 104 valence electrons. The summed E-state index contributed by atoms with van der Waals surface area (Å²) in [6.07, 6.45) is 3.71. The van der Waals surface area contributed by atoms with Crippen LogP contribution < -0.4 is 11.1 Å². The molecule has 0 heterocycles. The van der Waals surface area contributed by atoms with Gasteiger partial charge in [-0.3, -0.25) is 4.79 Å². The molecule has 0 saturated heterocycles. The lowest BCUT2D eigenvalue weighted by Gasteiger charge is -2.17. The lowest BCUT2D eigenvalue weighted by atomic mass is 10.0. The van der Waals surface area contributed by atoms with Crippen molar-refractivity contribution < 1.29 is 4.79 Å². The van der Waals surface area contributed by atoms with Gasteiger partial charge in [-0.2, -0.15) is 0 Å². The molecule has 2 atom stereocenters. The minimum absolute atomic E-state index is 0.0469. The van der Waals surface area contributed by atoms with Crippen LogP contribution in [0, 0.1) is 12.8 Å². The fraction of sp³-hybridized carbons (Fsp3) is 0.562. The highest BCUT2D eigenvalue weighted by Crippen LogP contribution is 2.32. The van der Waals surface area contributed by atoms with Crippen LogP contribution in [0.1, 0.15) is 37.3 Å². The van der Waals surface area contributed by atoms with Crippen molar-refractivity contribution in [1.82, 2.24) is 5.32 Å².